The molecule has 136 valence electrons. The van der Waals surface area contributed by atoms with Crippen LogP contribution < -0.4 is 5.32 Å². The number of thiazole rings is 1. The van der Waals surface area contributed by atoms with Crippen LogP contribution >= 0.6 is 22.7 Å². The third-order valence-corrected chi connectivity index (χ3v) is 6.26. The van der Waals surface area contributed by atoms with Gasteiger partial charge in [-0.1, -0.05) is 41.2 Å². The molecular formula is C20H18N4OS2. The first kappa shape index (κ1) is 17.6. The maximum absolute atomic E-state index is 12.9. The van der Waals surface area contributed by atoms with Gasteiger partial charge >= 0.3 is 0 Å². The number of rotatable bonds is 4. The Morgan fingerprint density at radius 1 is 1.15 bits per heavy atom. The Balaban J connectivity index is 1.60. The maximum atomic E-state index is 12.9. The quantitative estimate of drug-likeness (QED) is 0.521. The average Bonchev–Trinajstić information content (AvgIpc) is 3.35. The van der Waals surface area contributed by atoms with Gasteiger partial charge in [-0.05, 0) is 30.9 Å². The van der Waals surface area contributed by atoms with Crippen LogP contribution in [0.1, 0.15) is 20.9 Å². The molecule has 3 aromatic heterocycles. The van der Waals surface area contributed by atoms with E-state index in [0.29, 0.717) is 10.0 Å². The number of carbonyl (C=O) groups excluding carboxylic acids is 1. The molecule has 0 radical (unpaired) electrons. The van der Waals surface area contributed by atoms with E-state index < -0.39 is 0 Å². The predicted molar refractivity (Wildman–Crippen MR) is 111 cm³/mol. The minimum atomic E-state index is -0.138. The second-order valence-corrected chi connectivity index (χ2v) is 8.19. The molecular weight excluding hydrogens is 376 g/mol. The molecule has 5 nitrogen and oxygen atoms in total. The Kier molecular flexibility index (Phi) is 4.63. The van der Waals surface area contributed by atoms with Crippen LogP contribution in [-0.2, 0) is 7.05 Å². The molecule has 0 aliphatic rings. The smallest absolute Gasteiger partial charge is 0.268 e. The minimum Gasteiger partial charge on any atom is -0.333 e. The van der Waals surface area contributed by atoms with Crippen molar-refractivity contribution >= 4 is 33.7 Å². The lowest BCUT2D eigenvalue weighted by molar-refractivity contribution is 0.103. The van der Waals surface area contributed by atoms with E-state index in [1.165, 1.54) is 28.2 Å². The van der Waals surface area contributed by atoms with Crippen molar-refractivity contribution in [1.82, 2.24) is 14.5 Å². The first-order valence-electron chi connectivity index (χ1n) is 8.44. The summed E-state index contributed by atoms with van der Waals surface area (Å²) in [6.07, 6.45) is 3.65. The highest BCUT2D eigenvalue weighted by Crippen LogP contribution is 2.33. The summed E-state index contributed by atoms with van der Waals surface area (Å²) in [5.41, 5.74) is 4.03. The summed E-state index contributed by atoms with van der Waals surface area (Å²) in [5, 5.41) is 5.47. The first-order chi connectivity index (χ1) is 13.0. The second-order valence-electron chi connectivity index (χ2n) is 6.28. The molecule has 0 fully saturated rings. The Morgan fingerprint density at radius 3 is 2.63 bits per heavy atom. The van der Waals surface area contributed by atoms with Gasteiger partial charge in [-0.15, -0.1) is 11.3 Å². The maximum Gasteiger partial charge on any atom is 0.268 e. The fourth-order valence-corrected chi connectivity index (χ4v) is 4.65. The van der Waals surface area contributed by atoms with Crippen LogP contribution in [0, 0.1) is 13.8 Å². The topological polar surface area (TPSA) is 59.8 Å². The van der Waals surface area contributed by atoms with Gasteiger partial charge in [-0.25, -0.2) is 9.97 Å². The van der Waals surface area contributed by atoms with Gasteiger partial charge < -0.3 is 4.57 Å². The fourth-order valence-electron chi connectivity index (χ4n) is 2.84. The lowest BCUT2D eigenvalue weighted by Crippen LogP contribution is -2.11. The van der Waals surface area contributed by atoms with Crippen molar-refractivity contribution in [2.45, 2.75) is 13.8 Å². The molecule has 0 saturated heterocycles. The summed E-state index contributed by atoms with van der Waals surface area (Å²) in [6, 6.07) is 10.2. The van der Waals surface area contributed by atoms with Crippen molar-refractivity contribution < 1.29 is 4.79 Å². The number of anilines is 1. The monoisotopic (exact) mass is 394 g/mol. The van der Waals surface area contributed by atoms with Gasteiger partial charge in [0.25, 0.3) is 5.91 Å². The number of hydrogen-bond donors (Lipinski definition) is 1. The first-order valence-corrected chi connectivity index (χ1v) is 10.1. The van der Waals surface area contributed by atoms with Crippen LogP contribution in [-0.4, -0.2) is 20.4 Å². The zero-order valence-electron chi connectivity index (χ0n) is 15.2. The third kappa shape index (κ3) is 3.43. The summed E-state index contributed by atoms with van der Waals surface area (Å²) in [7, 11) is 1.94. The number of amides is 1. The number of hydrogen-bond acceptors (Lipinski definition) is 5. The lowest BCUT2D eigenvalue weighted by atomic mass is 10.0. The second kappa shape index (κ2) is 7.09. The Bertz CT molecular complexity index is 1110. The Labute approximate surface area is 165 Å². The summed E-state index contributed by atoms with van der Waals surface area (Å²) in [4.78, 5) is 23.4. The van der Waals surface area contributed by atoms with Gasteiger partial charge in [0, 0.05) is 25.0 Å². The van der Waals surface area contributed by atoms with Gasteiger partial charge in [0.05, 0.1) is 10.6 Å². The number of thiophene rings is 1. The highest BCUT2D eigenvalue weighted by molar-refractivity contribution is 7.19. The van der Waals surface area contributed by atoms with Gasteiger partial charge in [0.15, 0.2) is 11.0 Å². The zero-order chi connectivity index (χ0) is 19.0. The number of imidazole rings is 1. The van der Waals surface area contributed by atoms with Gasteiger partial charge in [-0.2, -0.15) is 0 Å². The van der Waals surface area contributed by atoms with E-state index in [4.69, 9.17) is 0 Å². The summed E-state index contributed by atoms with van der Waals surface area (Å²) >= 11 is 2.87. The van der Waals surface area contributed by atoms with E-state index in [9.17, 15) is 4.79 Å². The molecule has 7 heteroatoms. The highest BCUT2D eigenvalue weighted by atomic mass is 32.1. The molecule has 0 aliphatic heterocycles. The van der Waals surface area contributed by atoms with Gasteiger partial charge in [0.2, 0.25) is 0 Å². The van der Waals surface area contributed by atoms with Crippen molar-refractivity contribution in [2.75, 3.05) is 5.32 Å². The molecule has 0 atom stereocenters. The van der Waals surface area contributed by atoms with Crippen molar-refractivity contribution in [3.63, 3.8) is 0 Å². The van der Waals surface area contributed by atoms with Crippen LogP contribution in [0.4, 0.5) is 5.13 Å². The summed E-state index contributed by atoms with van der Waals surface area (Å²) in [6.45, 7) is 3.98. The summed E-state index contributed by atoms with van der Waals surface area (Å²) in [5.74, 6) is 0.711. The molecule has 0 spiro atoms. The van der Waals surface area contributed by atoms with Gasteiger partial charge in [0.1, 0.15) is 4.88 Å². The Morgan fingerprint density at radius 2 is 1.93 bits per heavy atom. The van der Waals surface area contributed by atoms with Crippen molar-refractivity contribution in [3.05, 3.63) is 64.2 Å². The van der Waals surface area contributed by atoms with Crippen molar-refractivity contribution in [2.24, 2.45) is 7.05 Å². The van der Waals surface area contributed by atoms with E-state index >= 15 is 0 Å². The molecule has 27 heavy (non-hydrogen) atoms. The van der Waals surface area contributed by atoms with Crippen LogP contribution in [0.3, 0.4) is 0 Å². The highest BCUT2D eigenvalue weighted by Gasteiger charge is 2.18. The fraction of sp³-hybridized carbons (Fsp3) is 0.150. The minimum absolute atomic E-state index is 0.138. The number of benzene rings is 1. The van der Waals surface area contributed by atoms with E-state index in [-0.39, 0.29) is 5.91 Å². The van der Waals surface area contributed by atoms with Crippen molar-refractivity contribution in [3.8, 4) is 21.8 Å². The normalized spacial score (nSPS) is 10.9. The molecule has 0 saturated carbocycles. The number of aromatic nitrogens is 3. The summed E-state index contributed by atoms with van der Waals surface area (Å²) < 4.78 is 1.95. The van der Waals surface area contributed by atoms with E-state index in [2.05, 4.69) is 34.3 Å². The molecule has 0 aliphatic carbocycles. The van der Waals surface area contributed by atoms with E-state index in [1.807, 2.05) is 48.3 Å². The van der Waals surface area contributed by atoms with Gasteiger partial charge in [-0.3, -0.25) is 10.1 Å². The number of nitrogens with one attached hydrogen (secondary N) is 1. The number of nitrogens with zero attached hydrogens (tertiary/aromatic N) is 3. The molecule has 1 N–H and O–H groups in total. The van der Waals surface area contributed by atoms with E-state index in [1.54, 1.807) is 6.20 Å². The SMILES string of the molecule is Cc1ccc(-c2ccsc2C(=O)Nc2nc(C)c(-c3nccn3C)s2)cc1. The van der Waals surface area contributed by atoms with Crippen LogP contribution in [0.25, 0.3) is 21.8 Å². The van der Waals surface area contributed by atoms with Crippen LogP contribution in [0.15, 0.2) is 48.1 Å². The molecule has 1 amide bonds. The van der Waals surface area contributed by atoms with E-state index in [0.717, 1.165) is 27.5 Å². The molecule has 0 unspecified atom stereocenters. The molecule has 0 bridgehead atoms. The Hall–Kier alpha value is -2.77. The van der Waals surface area contributed by atoms with Crippen LogP contribution in [0.2, 0.25) is 0 Å². The van der Waals surface area contributed by atoms with Crippen molar-refractivity contribution in [1.29, 1.82) is 0 Å². The largest absolute Gasteiger partial charge is 0.333 e. The molecule has 3 heterocycles. The number of carbonyl (C=O) groups is 1. The zero-order valence-corrected chi connectivity index (χ0v) is 16.8. The standard InChI is InChI=1S/C20H18N4OS2/c1-12-4-6-14(7-5-12)15-8-11-26-17(15)19(25)23-20-22-13(2)16(27-20)18-21-9-10-24(18)3/h4-11H,1-3H3,(H,22,23,25). The van der Waals surface area contributed by atoms with Crippen LogP contribution in [0.5, 0.6) is 0 Å². The molecule has 1 aromatic carbocycles. The number of aryl methyl sites for hydroxylation is 3. The third-order valence-electron chi connectivity index (χ3n) is 4.28. The lowest BCUT2D eigenvalue weighted by Gasteiger charge is -2.04. The average molecular weight is 395 g/mol. The predicted octanol–water partition coefficient (Wildman–Crippen LogP) is 5.14. The molecule has 4 rings (SSSR count). The molecule has 4 aromatic rings.